The molecular formula is C21H24BrFN2O3. The average Bonchev–Trinajstić information content (AvgIpc) is 3.14. The number of amides is 1. The first-order valence-electron chi connectivity index (χ1n) is 9.20. The number of ether oxygens (including phenoxy) is 2. The highest BCUT2D eigenvalue weighted by atomic mass is 79.9. The molecule has 1 aliphatic rings. The molecule has 0 aromatic heterocycles. The van der Waals surface area contributed by atoms with Gasteiger partial charge in [0.1, 0.15) is 5.82 Å². The fourth-order valence-electron chi connectivity index (χ4n) is 3.56. The van der Waals surface area contributed by atoms with Crippen LogP contribution in [0.25, 0.3) is 0 Å². The molecule has 150 valence electrons. The van der Waals surface area contributed by atoms with Crippen molar-refractivity contribution in [3.63, 3.8) is 0 Å². The molecule has 28 heavy (non-hydrogen) atoms. The van der Waals surface area contributed by atoms with Gasteiger partial charge in [0.25, 0.3) is 5.91 Å². The highest BCUT2D eigenvalue weighted by molar-refractivity contribution is 9.10. The van der Waals surface area contributed by atoms with Crippen LogP contribution in [0.5, 0.6) is 11.5 Å². The number of nitrogens with one attached hydrogen (secondary N) is 1. The van der Waals surface area contributed by atoms with Gasteiger partial charge in [-0.2, -0.15) is 0 Å². The van der Waals surface area contributed by atoms with Crippen molar-refractivity contribution < 1.29 is 18.7 Å². The summed E-state index contributed by atoms with van der Waals surface area (Å²) in [6.45, 7) is 2.25. The lowest BCUT2D eigenvalue weighted by atomic mass is 10.1. The van der Waals surface area contributed by atoms with Gasteiger partial charge in [-0.05, 0) is 49.2 Å². The van der Waals surface area contributed by atoms with Gasteiger partial charge in [0.2, 0.25) is 0 Å². The standard InChI is InChI=1S/C21H24BrFN2O3/c1-27-19-11-15(22)10-18(20(19)28-2)21(26)24-12-17-4-3-9-25(17)13-14-5-7-16(23)8-6-14/h5-8,10-11,17H,3-4,9,12-13H2,1-2H3,(H,24,26)/t17-/m1/s1. The predicted octanol–water partition coefficient (Wildman–Crippen LogP) is 4.00. The third-order valence-corrected chi connectivity index (χ3v) is 5.44. The molecule has 0 radical (unpaired) electrons. The van der Waals surface area contributed by atoms with Crippen molar-refractivity contribution in [2.45, 2.75) is 25.4 Å². The molecule has 1 saturated heterocycles. The zero-order chi connectivity index (χ0) is 20.1. The minimum Gasteiger partial charge on any atom is -0.493 e. The summed E-state index contributed by atoms with van der Waals surface area (Å²) in [5.41, 5.74) is 1.50. The molecule has 1 amide bonds. The van der Waals surface area contributed by atoms with E-state index in [1.165, 1.54) is 26.4 Å². The highest BCUT2D eigenvalue weighted by Gasteiger charge is 2.26. The van der Waals surface area contributed by atoms with E-state index in [0.29, 0.717) is 23.6 Å². The Hall–Kier alpha value is -2.12. The van der Waals surface area contributed by atoms with Gasteiger partial charge in [-0.15, -0.1) is 0 Å². The maximum absolute atomic E-state index is 13.1. The Bertz CT molecular complexity index is 829. The summed E-state index contributed by atoms with van der Waals surface area (Å²) in [6, 6.07) is 10.3. The first-order chi connectivity index (χ1) is 13.5. The van der Waals surface area contributed by atoms with E-state index in [9.17, 15) is 9.18 Å². The first-order valence-corrected chi connectivity index (χ1v) is 9.99. The number of halogens is 2. The molecule has 0 bridgehead atoms. The summed E-state index contributed by atoms with van der Waals surface area (Å²) in [5.74, 6) is 0.482. The van der Waals surface area contributed by atoms with Crippen LogP contribution >= 0.6 is 15.9 Å². The summed E-state index contributed by atoms with van der Waals surface area (Å²) in [4.78, 5) is 15.1. The van der Waals surface area contributed by atoms with Crippen LogP contribution < -0.4 is 14.8 Å². The Labute approximate surface area is 172 Å². The lowest BCUT2D eigenvalue weighted by Gasteiger charge is -2.25. The molecule has 2 aromatic rings. The third kappa shape index (κ3) is 4.83. The SMILES string of the molecule is COc1cc(Br)cc(C(=O)NC[C@H]2CCCN2Cc2ccc(F)cc2)c1OC. The van der Waals surface area contributed by atoms with Crippen molar-refractivity contribution in [2.75, 3.05) is 27.3 Å². The fraction of sp³-hybridized carbons (Fsp3) is 0.381. The lowest BCUT2D eigenvalue weighted by Crippen LogP contribution is -2.39. The molecule has 3 rings (SSSR count). The largest absolute Gasteiger partial charge is 0.493 e. The molecule has 7 heteroatoms. The number of methoxy groups -OCH3 is 2. The van der Waals surface area contributed by atoms with Crippen molar-refractivity contribution in [1.82, 2.24) is 10.2 Å². The Morgan fingerprint density at radius 3 is 2.68 bits per heavy atom. The van der Waals surface area contributed by atoms with Crippen molar-refractivity contribution in [3.8, 4) is 11.5 Å². The number of carbonyl (C=O) groups excluding carboxylic acids is 1. The quantitative estimate of drug-likeness (QED) is 0.692. The summed E-state index contributed by atoms with van der Waals surface area (Å²) in [5, 5.41) is 3.02. The summed E-state index contributed by atoms with van der Waals surface area (Å²) in [7, 11) is 3.06. The molecule has 1 heterocycles. The van der Waals surface area contributed by atoms with Gasteiger partial charge in [-0.3, -0.25) is 9.69 Å². The van der Waals surface area contributed by atoms with E-state index in [2.05, 4.69) is 26.1 Å². The number of benzene rings is 2. The van der Waals surface area contributed by atoms with E-state index in [0.717, 1.165) is 36.0 Å². The number of carbonyl (C=O) groups is 1. The summed E-state index contributed by atoms with van der Waals surface area (Å²) < 4.78 is 24.5. The molecule has 0 spiro atoms. The number of rotatable bonds is 7. The predicted molar refractivity (Wildman–Crippen MR) is 109 cm³/mol. The van der Waals surface area contributed by atoms with E-state index in [-0.39, 0.29) is 17.8 Å². The Balaban J connectivity index is 1.65. The van der Waals surface area contributed by atoms with Crippen LogP contribution in [0, 0.1) is 5.82 Å². The van der Waals surface area contributed by atoms with Crippen molar-refractivity contribution in [1.29, 1.82) is 0 Å². The lowest BCUT2D eigenvalue weighted by molar-refractivity contribution is 0.0936. The van der Waals surface area contributed by atoms with E-state index >= 15 is 0 Å². The zero-order valence-corrected chi connectivity index (χ0v) is 17.6. The minimum absolute atomic E-state index is 0.204. The van der Waals surface area contributed by atoms with Crippen LogP contribution in [-0.2, 0) is 6.54 Å². The molecule has 1 fully saturated rings. The molecule has 1 aliphatic heterocycles. The number of nitrogens with zero attached hydrogens (tertiary/aromatic N) is 1. The third-order valence-electron chi connectivity index (χ3n) is 4.98. The monoisotopic (exact) mass is 450 g/mol. The maximum Gasteiger partial charge on any atom is 0.255 e. The van der Waals surface area contributed by atoms with E-state index in [1.54, 1.807) is 12.1 Å². The molecule has 0 saturated carbocycles. The van der Waals surface area contributed by atoms with Crippen LogP contribution in [0.1, 0.15) is 28.8 Å². The molecule has 1 atom stereocenters. The second-order valence-corrected chi connectivity index (χ2v) is 7.71. The Kier molecular flexibility index (Phi) is 6.91. The second kappa shape index (κ2) is 9.39. The number of hydrogen-bond donors (Lipinski definition) is 1. The van der Waals surface area contributed by atoms with Crippen LogP contribution in [0.3, 0.4) is 0 Å². The molecule has 1 N–H and O–H groups in total. The van der Waals surface area contributed by atoms with E-state index < -0.39 is 0 Å². The van der Waals surface area contributed by atoms with Gasteiger partial charge in [0.15, 0.2) is 11.5 Å². The van der Waals surface area contributed by atoms with Gasteiger partial charge in [-0.25, -0.2) is 4.39 Å². The van der Waals surface area contributed by atoms with Crippen molar-refractivity contribution >= 4 is 21.8 Å². The Morgan fingerprint density at radius 1 is 1.25 bits per heavy atom. The van der Waals surface area contributed by atoms with Crippen LogP contribution in [0.2, 0.25) is 0 Å². The highest BCUT2D eigenvalue weighted by Crippen LogP contribution is 2.34. The number of likely N-dealkylation sites (tertiary alicyclic amines) is 1. The maximum atomic E-state index is 13.1. The molecule has 5 nitrogen and oxygen atoms in total. The van der Waals surface area contributed by atoms with Gasteiger partial charge < -0.3 is 14.8 Å². The molecule has 0 unspecified atom stereocenters. The van der Waals surface area contributed by atoms with Crippen molar-refractivity contribution in [2.24, 2.45) is 0 Å². The smallest absolute Gasteiger partial charge is 0.255 e. The van der Waals surface area contributed by atoms with Gasteiger partial charge in [-0.1, -0.05) is 28.1 Å². The zero-order valence-electron chi connectivity index (χ0n) is 16.0. The Morgan fingerprint density at radius 2 is 2.00 bits per heavy atom. The average molecular weight is 451 g/mol. The summed E-state index contributed by atoms with van der Waals surface area (Å²) in [6.07, 6.45) is 2.09. The van der Waals surface area contributed by atoms with E-state index in [1.807, 2.05) is 12.1 Å². The minimum atomic E-state index is -0.229. The first kappa shape index (κ1) is 20.6. The number of hydrogen-bond acceptors (Lipinski definition) is 4. The topological polar surface area (TPSA) is 50.8 Å². The van der Waals surface area contributed by atoms with E-state index in [4.69, 9.17) is 9.47 Å². The van der Waals surface area contributed by atoms with Crippen LogP contribution in [0.15, 0.2) is 40.9 Å². The van der Waals surface area contributed by atoms with Crippen molar-refractivity contribution in [3.05, 3.63) is 57.8 Å². The van der Waals surface area contributed by atoms with Crippen LogP contribution in [-0.4, -0.2) is 44.2 Å². The van der Waals surface area contributed by atoms with Gasteiger partial charge in [0.05, 0.1) is 19.8 Å². The fourth-order valence-corrected chi connectivity index (χ4v) is 4.00. The normalized spacial score (nSPS) is 16.8. The van der Waals surface area contributed by atoms with Crippen LogP contribution in [0.4, 0.5) is 4.39 Å². The molecule has 2 aromatic carbocycles. The summed E-state index contributed by atoms with van der Waals surface area (Å²) >= 11 is 3.40. The molecule has 0 aliphatic carbocycles. The molecular weight excluding hydrogens is 427 g/mol. The van der Waals surface area contributed by atoms with Gasteiger partial charge in [0, 0.05) is 23.6 Å². The second-order valence-electron chi connectivity index (χ2n) is 6.79. The van der Waals surface area contributed by atoms with Gasteiger partial charge >= 0.3 is 0 Å².